The second-order valence-corrected chi connectivity index (χ2v) is 11.8. The molecule has 3 aliphatic rings. The van der Waals surface area contributed by atoms with Gasteiger partial charge in [0.05, 0.1) is 11.5 Å². The number of hydrogen-bond acceptors (Lipinski definition) is 9. The fourth-order valence-electron chi connectivity index (χ4n) is 6.04. The molecule has 1 aromatic rings. The molecule has 5 N–H and O–H groups in total. The van der Waals surface area contributed by atoms with E-state index in [1.54, 1.807) is 45.8 Å². The van der Waals surface area contributed by atoms with Gasteiger partial charge >= 0.3 is 0 Å². The van der Waals surface area contributed by atoms with E-state index in [1.165, 1.54) is 0 Å². The molecule has 11 nitrogen and oxygen atoms in total. The van der Waals surface area contributed by atoms with Gasteiger partial charge in [-0.3, -0.25) is 28.8 Å². The van der Waals surface area contributed by atoms with Gasteiger partial charge in [0, 0.05) is 49.6 Å². The fourth-order valence-corrected chi connectivity index (χ4v) is 6.04. The van der Waals surface area contributed by atoms with Gasteiger partial charge in [-0.2, -0.15) is 0 Å². The van der Waals surface area contributed by atoms with E-state index in [0.717, 1.165) is 0 Å². The number of nitrogens with one attached hydrogen (secondary N) is 1. The van der Waals surface area contributed by atoms with Crippen LogP contribution >= 0.6 is 0 Å². The highest BCUT2D eigenvalue weighted by Crippen LogP contribution is 2.51. The van der Waals surface area contributed by atoms with Crippen LogP contribution < -0.4 is 16.0 Å². The summed E-state index contributed by atoms with van der Waals surface area (Å²) in [6, 6.07) is 1.68. The van der Waals surface area contributed by atoms with Crippen LogP contribution in [0.4, 0.5) is 5.69 Å². The number of phenols is 1. The summed E-state index contributed by atoms with van der Waals surface area (Å²) in [6.45, 7) is 5.14. The molecule has 1 aromatic carbocycles. The van der Waals surface area contributed by atoms with Crippen molar-refractivity contribution in [2.75, 3.05) is 19.0 Å². The SMILES string of the molecule is CN(C)c1cc(CNC(=O)C(C)(C)C)c(O)c2c1C[C@H]1C[C@H]3CC(=O)C(C(N)=O)C(=O)[C@@]3(O)C(=O)C1C2=O. The molecule has 4 rings (SSSR count). The lowest BCUT2D eigenvalue weighted by Gasteiger charge is -2.48. The number of fused-ring (bicyclic) bond motifs is 3. The maximum absolute atomic E-state index is 13.8. The Morgan fingerprint density at radius 1 is 1.13 bits per heavy atom. The zero-order chi connectivity index (χ0) is 28.5. The predicted octanol–water partition coefficient (Wildman–Crippen LogP) is 0.0552. The third-order valence-electron chi connectivity index (χ3n) is 8.06. The van der Waals surface area contributed by atoms with E-state index in [0.29, 0.717) is 11.3 Å². The zero-order valence-corrected chi connectivity index (χ0v) is 22.1. The summed E-state index contributed by atoms with van der Waals surface area (Å²) < 4.78 is 0. The average molecular weight is 528 g/mol. The summed E-state index contributed by atoms with van der Waals surface area (Å²) in [5, 5.41) is 25.2. The van der Waals surface area contributed by atoms with Crippen molar-refractivity contribution in [1.82, 2.24) is 5.32 Å². The van der Waals surface area contributed by atoms with Crippen LogP contribution in [0.25, 0.3) is 0 Å². The molecule has 11 heteroatoms. The van der Waals surface area contributed by atoms with Gasteiger partial charge in [-0.05, 0) is 30.4 Å². The number of amides is 2. The van der Waals surface area contributed by atoms with Crippen molar-refractivity contribution in [2.24, 2.45) is 34.8 Å². The summed E-state index contributed by atoms with van der Waals surface area (Å²) in [4.78, 5) is 79.0. The maximum atomic E-state index is 13.8. The summed E-state index contributed by atoms with van der Waals surface area (Å²) in [5.41, 5.74) is 3.13. The number of carbonyl (C=O) groups excluding carboxylic acids is 6. The van der Waals surface area contributed by atoms with Crippen LogP contribution in [0.5, 0.6) is 5.75 Å². The zero-order valence-electron chi connectivity index (χ0n) is 22.1. The standard InChI is InChI=1S/C27H33N3O8/c1-26(2,3)25(37)29-10-12-8-15(30(4)5)14-7-11-6-13-9-16(31)19(24(28)36)23(35)27(13,38)22(34)17(11)21(33)18(14)20(12)32/h8,11,13,17,19,32,38H,6-7,9-10H2,1-5H3,(H2,28,36)(H,29,37)/t11-,13+,17?,19?,27+/m1/s1. The van der Waals surface area contributed by atoms with E-state index < -0.39 is 63.7 Å². The summed E-state index contributed by atoms with van der Waals surface area (Å²) in [7, 11) is 3.52. The van der Waals surface area contributed by atoms with Gasteiger partial charge in [-0.1, -0.05) is 20.8 Å². The number of aromatic hydroxyl groups is 1. The minimum Gasteiger partial charge on any atom is -0.507 e. The number of benzene rings is 1. The number of Topliss-reactive ketones (excluding diaryl/α,β-unsaturated/α-hetero) is 4. The molecule has 0 spiro atoms. The first kappa shape index (κ1) is 27.4. The van der Waals surface area contributed by atoms with Gasteiger partial charge in [0.2, 0.25) is 11.8 Å². The molecule has 5 atom stereocenters. The Labute approximate surface area is 219 Å². The fraction of sp³-hybridized carbons (Fsp3) is 0.556. The van der Waals surface area contributed by atoms with Gasteiger partial charge < -0.3 is 26.2 Å². The van der Waals surface area contributed by atoms with Crippen LogP contribution in [-0.2, 0) is 36.9 Å². The summed E-state index contributed by atoms with van der Waals surface area (Å²) in [6.07, 6.45) is -0.177. The molecule has 0 heterocycles. The molecule has 38 heavy (non-hydrogen) atoms. The van der Waals surface area contributed by atoms with Gasteiger partial charge in [0.1, 0.15) is 5.75 Å². The monoisotopic (exact) mass is 527 g/mol. The molecule has 0 saturated heterocycles. The van der Waals surface area contributed by atoms with Gasteiger partial charge in [-0.25, -0.2) is 0 Å². The Morgan fingerprint density at radius 3 is 2.32 bits per heavy atom. The third-order valence-corrected chi connectivity index (χ3v) is 8.06. The molecule has 0 radical (unpaired) electrons. The van der Waals surface area contributed by atoms with E-state index in [-0.39, 0.29) is 48.6 Å². The van der Waals surface area contributed by atoms with Crippen molar-refractivity contribution in [2.45, 2.75) is 52.2 Å². The minimum atomic E-state index is -2.69. The molecule has 0 bridgehead atoms. The number of carbonyl (C=O) groups is 6. The van der Waals surface area contributed by atoms with Crippen LogP contribution in [0.1, 0.15) is 55.1 Å². The van der Waals surface area contributed by atoms with Crippen molar-refractivity contribution in [3.63, 3.8) is 0 Å². The van der Waals surface area contributed by atoms with E-state index in [2.05, 4.69) is 5.32 Å². The highest BCUT2D eigenvalue weighted by molar-refractivity contribution is 6.31. The molecule has 2 fully saturated rings. The van der Waals surface area contributed by atoms with Crippen LogP contribution in [0.3, 0.4) is 0 Å². The van der Waals surface area contributed by atoms with Crippen LogP contribution in [0, 0.1) is 29.1 Å². The number of rotatable bonds is 4. The first-order valence-electron chi connectivity index (χ1n) is 12.5. The predicted molar refractivity (Wildman–Crippen MR) is 134 cm³/mol. The van der Waals surface area contributed by atoms with Crippen molar-refractivity contribution in [3.05, 3.63) is 22.8 Å². The maximum Gasteiger partial charge on any atom is 0.235 e. The molecular formula is C27H33N3O8. The number of anilines is 1. The molecule has 204 valence electrons. The van der Waals surface area contributed by atoms with Crippen LogP contribution in [0.15, 0.2) is 6.07 Å². The Hall–Kier alpha value is -3.60. The average Bonchev–Trinajstić information content (AvgIpc) is 2.79. The molecule has 2 unspecified atom stereocenters. The molecule has 3 aliphatic carbocycles. The van der Waals surface area contributed by atoms with Crippen molar-refractivity contribution < 1.29 is 39.0 Å². The Balaban J connectivity index is 1.78. The second kappa shape index (κ2) is 9.00. The van der Waals surface area contributed by atoms with Crippen molar-refractivity contribution in [1.29, 1.82) is 0 Å². The minimum absolute atomic E-state index is 0.0259. The van der Waals surface area contributed by atoms with E-state index in [4.69, 9.17) is 5.73 Å². The lowest BCUT2D eigenvalue weighted by molar-refractivity contribution is -0.175. The summed E-state index contributed by atoms with van der Waals surface area (Å²) >= 11 is 0. The molecule has 0 aliphatic heterocycles. The number of nitrogens with zero attached hydrogens (tertiary/aromatic N) is 1. The smallest absolute Gasteiger partial charge is 0.235 e. The quantitative estimate of drug-likeness (QED) is 0.393. The van der Waals surface area contributed by atoms with Crippen LogP contribution in [-0.4, -0.2) is 64.9 Å². The Morgan fingerprint density at radius 2 is 1.76 bits per heavy atom. The number of primary amides is 1. The highest BCUT2D eigenvalue weighted by Gasteiger charge is 2.66. The van der Waals surface area contributed by atoms with Crippen molar-refractivity contribution >= 4 is 40.6 Å². The largest absolute Gasteiger partial charge is 0.507 e. The van der Waals surface area contributed by atoms with Gasteiger partial charge in [-0.15, -0.1) is 0 Å². The third kappa shape index (κ3) is 4.00. The number of phenolic OH excluding ortho intramolecular Hbond substituents is 1. The topological polar surface area (TPSA) is 184 Å². The number of ketones is 4. The Bertz CT molecular complexity index is 1290. The number of aliphatic hydroxyl groups is 1. The van der Waals surface area contributed by atoms with E-state index in [9.17, 15) is 39.0 Å². The normalized spacial score (nSPS) is 28.8. The van der Waals surface area contributed by atoms with Crippen LogP contribution in [0.2, 0.25) is 0 Å². The molecule has 0 aromatic heterocycles. The molecular weight excluding hydrogens is 494 g/mol. The van der Waals surface area contributed by atoms with Gasteiger partial charge in [0.25, 0.3) is 0 Å². The first-order valence-corrected chi connectivity index (χ1v) is 12.5. The first-order chi connectivity index (χ1) is 17.5. The number of hydrogen-bond donors (Lipinski definition) is 4. The second-order valence-electron chi connectivity index (χ2n) is 11.8. The van der Waals surface area contributed by atoms with E-state index in [1.807, 2.05) is 0 Å². The lowest BCUT2D eigenvalue weighted by atomic mass is 9.53. The molecule has 2 saturated carbocycles. The van der Waals surface area contributed by atoms with Crippen molar-refractivity contribution in [3.8, 4) is 5.75 Å². The van der Waals surface area contributed by atoms with Gasteiger partial charge in [0.15, 0.2) is 34.7 Å². The number of nitrogens with two attached hydrogens (primary N) is 1. The highest BCUT2D eigenvalue weighted by atomic mass is 16.3. The molecule has 2 amide bonds. The lowest BCUT2D eigenvalue weighted by Crippen LogP contribution is -2.68. The Kier molecular flexibility index (Phi) is 6.50. The van der Waals surface area contributed by atoms with E-state index >= 15 is 0 Å². The summed E-state index contributed by atoms with van der Waals surface area (Å²) in [5.74, 6) is -10.9.